The largest absolute Gasteiger partial charge is 0.494 e. The van der Waals surface area contributed by atoms with Gasteiger partial charge in [0.25, 0.3) is 0 Å². The maximum Gasteiger partial charge on any atom is 0.343 e. The van der Waals surface area contributed by atoms with Gasteiger partial charge >= 0.3 is 5.97 Å². The first kappa shape index (κ1) is 24.4. The lowest BCUT2D eigenvalue weighted by molar-refractivity contribution is 0.0734. The SMILES string of the molecule is CCCCCCCC1CCC(c2ccc(C(=O)Oc3ccc(OCCC)cc3)cc2)CC1. The third kappa shape index (κ3) is 7.69. The number of ether oxygens (including phenoxy) is 2. The summed E-state index contributed by atoms with van der Waals surface area (Å²) in [6.07, 6.45) is 14.5. The molecule has 32 heavy (non-hydrogen) atoms. The fourth-order valence-corrected chi connectivity index (χ4v) is 4.70. The molecule has 0 aliphatic heterocycles. The molecule has 1 fully saturated rings. The quantitative estimate of drug-likeness (QED) is 0.190. The first-order valence-electron chi connectivity index (χ1n) is 12.7. The van der Waals surface area contributed by atoms with Gasteiger partial charge in [0, 0.05) is 0 Å². The predicted octanol–water partition coefficient (Wildman–Crippen LogP) is 8.33. The smallest absolute Gasteiger partial charge is 0.343 e. The van der Waals surface area contributed by atoms with E-state index in [1.165, 1.54) is 69.8 Å². The van der Waals surface area contributed by atoms with Crippen molar-refractivity contribution >= 4 is 5.97 Å². The number of carbonyl (C=O) groups is 1. The Morgan fingerprint density at radius 3 is 2.09 bits per heavy atom. The molecule has 3 nitrogen and oxygen atoms in total. The normalized spacial score (nSPS) is 18.3. The summed E-state index contributed by atoms with van der Waals surface area (Å²) in [5, 5.41) is 0. The summed E-state index contributed by atoms with van der Waals surface area (Å²) in [4.78, 5) is 12.5. The number of hydrogen-bond donors (Lipinski definition) is 0. The average molecular weight is 437 g/mol. The Bertz CT molecular complexity index is 786. The molecule has 0 unspecified atom stereocenters. The Balaban J connectivity index is 1.43. The van der Waals surface area contributed by atoms with Gasteiger partial charge in [0.2, 0.25) is 0 Å². The van der Waals surface area contributed by atoms with Gasteiger partial charge in [-0.05, 0) is 85.9 Å². The number of benzene rings is 2. The lowest BCUT2D eigenvalue weighted by atomic mass is 9.77. The molecule has 0 heterocycles. The van der Waals surface area contributed by atoms with Crippen molar-refractivity contribution in [2.45, 2.75) is 90.4 Å². The topological polar surface area (TPSA) is 35.5 Å². The average Bonchev–Trinajstić information content (AvgIpc) is 2.84. The Morgan fingerprint density at radius 2 is 1.44 bits per heavy atom. The summed E-state index contributed by atoms with van der Waals surface area (Å²) in [5.41, 5.74) is 1.96. The summed E-state index contributed by atoms with van der Waals surface area (Å²) >= 11 is 0. The minimum absolute atomic E-state index is 0.314. The van der Waals surface area contributed by atoms with Crippen molar-refractivity contribution in [1.82, 2.24) is 0 Å². The van der Waals surface area contributed by atoms with E-state index < -0.39 is 0 Å². The van der Waals surface area contributed by atoms with Crippen molar-refractivity contribution in [2.24, 2.45) is 5.92 Å². The minimum Gasteiger partial charge on any atom is -0.494 e. The van der Waals surface area contributed by atoms with Crippen LogP contribution in [-0.4, -0.2) is 12.6 Å². The highest BCUT2D eigenvalue weighted by Crippen LogP contribution is 2.37. The van der Waals surface area contributed by atoms with Crippen molar-refractivity contribution in [1.29, 1.82) is 0 Å². The van der Waals surface area contributed by atoms with Crippen LogP contribution in [0.4, 0.5) is 0 Å². The molecule has 0 aromatic heterocycles. The van der Waals surface area contributed by atoms with Crippen LogP contribution in [-0.2, 0) is 0 Å². The maximum absolute atomic E-state index is 12.5. The van der Waals surface area contributed by atoms with Gasteiger partial charge in [-0.25, -0.2) is 4.79 Å². The molecule has 0 atom stereocenters. The molecule has 3 heteroatoms. The molecule has 1 saturated carbocycles. The fraction of sp³-hybridized carbons (Fsp3) is 0.552. The van der Waals surface area contributed by atoms with Crippen LogP contribution in [0.25, 0.3) is 0 Å². The molecule has 0 bridgehead atoms. The highest BCUT2D eigenvalue weighted by molar-refractivity contribution is 5.91. The Labute approximate surface area is 194 Å². The molecule has 0 saturated heterocycles. The summed E-state index contributed by atoms with van der Waals surface area (Å²) < 4.78 is 11.1. The molecule has 3 rings (SSSR count). The minimum atomic E-state index is -0.314. The standard InChI is InChI=1S/C29H40O3/c1-3-5-6-7-8-9-23-10-12-24(13-11-23)25-14-16-26(17-15-25)29(30)32-28-20-18-27(19-21-28)31-22-4-2/h14-21,23-24H,3-13,22H2,1-2H3. The monoisotopic (exact) mass is 436 g/mol. The fourth-order valence-electron chi connectivity index (χ4n) is 4.70. The molecule has 2 aromatic rings. The van der Waals surface area contributed by atoms with Crippen molar-refractivity contribution in [3.63, 3.8) is 0 Å². The van der Waals surface area contributed by atoms with Crippen molar-refractivity contribution in [2.75, 3.05) is 6.61 Å². The molecule has 2 aromatic carbocycles. The van der Waals surface area contributed by atoms with Crippen LogP contribution in [0.3, 0.4) is 0 Å². The van der Waals surface area contributed by atoms with Gasteiger partial charge in [-0.3, -0.25) is 0 Å². The highest BCUT2D eigenvalue weighted by Gasteiger charge is 2.22. The van der Waals surface area contributed by atoms with Gasteiger partial charge in [-0.1, -0.05) is 64.5 Å². The Hall–Kier alpha value is -2.29. The molecule has 0 spiro atoms. The number of carbonyl (C=O) groups excluding carboxylic acids is 1. The highest BCUT2D eigenvalue weighted by atomic mass is 16.5. The number of esters is 1. The summed E-state index contributed by atoms with van der Waals surface area (Å²) in [6.45, 7) is 5.04. The lowest BCUT2D eigenvalue weighted by Crippen LogP contribution is -2.14. The second-order valence-electron chi connectivity index (χ2n) is 9.25. The van der Waals surface area contributed by atoms with E-state index in [9.17, 15) is 4.79 Å². The van der Waals surface area contributed by atoms with Crippen LogP contribution < -0.4 is 9.47 Å². The van der Waals surface area contributed by atoms with Crippen molar-refractivity contribution in [3.05, 3.63) is 59.7 Å². The Morgan fingerprint density at radius 1 is 0.781 bits per heavy atom. The van der Waals surface area contributed by atoms with Gasteiger partial charge in [0.1, 0.15) is 11.5 Å². The van der Waals surface area contributed by atoms with E-state index >= 15 is 0 Å². The molecule has 174 valence electrons. The predicted molar refractivity (Wildman–Crippen MR) is 132 cm³/mol. The van der Waals surface area contributed by atoms with Crippen LogP contribution in [0.2, 0.25) is 0 Å². The van der Waals surface area contributed by atoms with Gasteiger partial charge < -0.3 is 9.47 Å². The first-order chi connectivity index (χ1) is 15.7. The van der Waals surface area contributed by atoms with E-state index in [0.717, 1.165) is 18.1 Å². The van der Waals surface area contributed by atoms with Gasteiger partial charge in [0.05, 0.1) is 12.2 Å². The lowest BCUT2D eigenvalue weighted by Gasteiger charge is -2.29. The number of hydrogen-bond acceptors (Lipinski definition) is 3. The Kier molecular flexibility index (Phi) is 10.1. The molecular formula is C29H40O3. The van der Waals surface area contributed by atoms with E-state index in [2.05, 4.69) is 26.0 Å². The molecule has 1 aliphatic carbocycles. The zero-order valence-electron chi connectivity index (χ0n) is 20.0. The molecular weight excluding hydrogens is 396 g/mol. The van der Waals surface area contributed by atoms with Crippen LogP contribution in [0.1, 0.15) is 106 Å². The maximum atomic E-state index is 12.5. The summed E-state index contributed by atoms with van der Waals surface area (Å²) in [7, 11) is 0. The van der Waals surface area contributed by atoms with Crippen LogP contribution >= 0.6 is 0 Å². The zero-order valence-corrected chi connectivity index (χ0v) is 20.0. The van der Waals surface area contributed by atoms with Gasteiger partial charge in [-0.15, -0.1) is 0 Å². The van der Waals surface area contributed by atoms with E-state index in [0.29, 0.717) is 23.8 Å². The van der Waals surface area contributed by atoms with E-state index in [-0.39, 0.29) is 5.97 Å². The number of unbranched alkanes of at least 4 members (excludes halogenated alkanes) is 4. The van der Waals surface area contributed by atoms with Crippen LogP contribution in [0, 0.1) is 5.92 Å². The first-order valence-corrected chi connectivity index (χ1v) is 12.7. The molecule has 0 radical (unpaired) electrons. The molecule has 1 aliphatic rings. The van der Waals surface area contributed by atoms with Crippen molar-refractivity contribution in [3.8, 4) is 11.5 Å². The van der Waals surface area contributed by atoms with Gasteiger partial charge in [0.15, 0.2) is 0 Å². The summed E-state index contributed by atoms with van der Waals surface area (Å²) in [6, 6.07) is 15.3. The molecule has 0 N–H and O–H groups in total. The third-order valence-corrected chi connectivity index (χ3v) is 6.69. The van der Waals surface area contributed by atoms with Crippen LogP contribution in [0.15, 0.2) is 48.5 Å². The van der Waals surface area contributed by atoms with Gasteiger partial charge in [-0.2, -0.15) is 0 Å². The van der Waals surface area contributed by atoms with Crippen LogP contribution in [0.5, 0.6) is 11.5 Å². The summed E-state index contributed by atoms with van der Waals surface area (Å²) in [5.74, 6) is 2.57. The zero-order chi connectivity index (χ0) is 22.6. The molecule has 0 amide bonds. The number of rotatable bonds is 12. The van der Waals surface area contributed by atoms with Crippen molar-refractivity contribution < 1.29 is 14.3 Å². The van der Waals surface area contributed by atoms with E-state index in [1.807, 2.05) is 24.3 Å². The third-order valence-electron chi connectivity index (χ3n) is 6.69. The second-order valence-corrected chi connectivity index (χ2v) is 9.25. The second kappa shape index (κ2) is 13.3. The van der Waals surface area contributed by atoms with E-state index in [4.69, 9.17) is 9.47 Å². The van der Waals surface area contributed by atoms with E-state index in [1.54, 1.807) is 12.1 Å².